The van der Waals surface area contributed by atoms with Crippen LogP contribution in [-0.4, -0.2) is 131 Å². The minimum absolute atomic E-state index is 0.0200. The molecule has 2 aliphatic rings. The van der Waals surface area contributed by atoms with Gasteiger partial charge in [-0.3, -0.25) is 9.69 Å². The topological polar surface area (TPSA) is 128 Å². The molecule has 2 aliphatic heterocycles. The van der Waals surface area contributed by atoms with E-state index in [0.29, 0.717) is 5.56 Å². The third kappa shape index (κ3) is 11.8. The fraction of sp³-hybridized carbons (Fsp3) is 0.556. The van der Waals surface area contributed by atoms with Crippen molar-refractivity contribution in [1.29, 1.82) is 0 Å². The number of amides is 1. The van der Waals surface area contributed by atoms with Crippen molar-refractivity contribution in [3.05, 3.63) is 48.3 Å². The van der Waals surface area contributed by atoms with Crippen molar-refractivity contribution in [3.8, 4) is 5.69 Å². The van der Waals surface area contributed by atoms with E-state index in [1.54, 1.807) is 10.9 Å². The van der Waals surface area contributed by atoms with Gasteiger partial charge in [-0.1, -0.05) is 18.2 Å². The first-order chi connectivity index (χ1) is 20.4. The fourth-order valence-corrected chi connectivity index (χ4v) is 4.58. The summed E-state index contributed by atoms with van der Waals surface area (Å²) in [5.41, 5.74) is 1.63. The molecular weight excluding hydrogens is 604 g/mol. The Morgan fingerprint density at radius 1 is 0.977 bits per heavy atom. The van der Waals surface area contributed by atoms with Gasteiger partial charge in [0.25, 0.3) is 5.91 Å². The van der Waals surface area contributed by atoms with Gasteiger partial charge in [-0.05, 0) is 39.1 Å². The van der Waals surface area contributed by atoms with Crippen molar-refractivity contribution in [1.82, 2.24) is 24.5 Å². The first kappa shape index (κ1) is 36.5. The molecule has 4 rings (SSSR count). The van der Waals surface area contributed by atoms with Crippen LogP contribution in [-0.2, 0) is 14.3 Å². The van der Waals surface area contributed by atoms with Crippen molar-refractivity contribution in [2.24, 2.45) is 5.41 Å². The number of carbonyl (C=O) groups excluding carboxylic acids is 1. The lowest BCUT2D eigenvalue weighted by Gasteiger charge is -2.43. The number of aromatic nitrogens is 2. The van der Waals surface area contributed by atoms with Crippen LogP contribution >= 0.6 is 0 Å². The lowest BCUT2D eigenvalue weighted by molar-refractivity contribution is -0.193. The number of benzene rings is 1. The number of carboxylic acid groups (broad SMARTS) is 2. The molecule has 1 spiro atoms. The van der Waals surface area contributed by atoms with E-state index in [2.05, 4.69) is 29.0 Å². The number of halogens is 6. The van der Waals surface area contributed by atoms with E-state index in [4.69, 9.17) is 24.5 Å². The van der Waals surface area contributed by atoms with Crippen LogP contribution in [0.15, 0.2) is 42.7 Å². The first-order valence-corrected chi connectivity index (χ1v) is 13.4. The zero-order valence-electron chi connectivity index (χ0n) is 24.1. The number of likely N-dealkylation sites (tertiary alicyclic amines) is 1. The third-order valence-electron chi connectivity index (χ3n) is 6.67. The van der Waals surface area contributed by atoms with Gasteiger partial charge < -0.3 is 24.7 Å². The summed E-state index contributed by atoms with van der Waals surface area (Å²) in [5.74, 6) is -5.44. The normalized spacial score (nSPS) is 19.3. The molecule has 2 aromatic rings. The minimum Gasteiger partial charge on any atom is -0.475 e. The molecule has 3 heterocycles. The molecule has 1 aromatic heterocycles. The van der Waals surface area contributed by atoms with Crippen molar-refractivity contribution in [2.75, 3.05) is 66.6 Å². The number of aliphatic carboxylic acids is 2. The number of piperidine rings is 1. The summed E-state index contributed by atoms with van der Waals surface area (Å²) in [4.78, 5) is 37.8. The average molecular weight is 640 g/mol. The number of hydrogen-bond acceptors (Lipinski definition) is 7. The van der Waals surface area contributed by atoms with Crippen LogP contribution in [0, 0.1) is 5.41 Å². The molecule has 1 amide bonds. The van der Waals surface area contributed by atoms with E-state index in [1.165, 1.54) is 0 Å². The molecule has 246 valence electrons. The van der Waals surface area contributed by atoms with E-state index in [-0.39, 0.29) is 11.3 Å². The molecule has 1 unspecified atom stereocenters. The maximum absolute atomic E-state index is 13.3. The van der Waals surface area contributed by atoms with E-state index >= 15 is 0 Å². The number of rotatable bonds is 5. The summed E-state index contributed by atoms with van der Waals surface area (Å²) in [6.45, 7) is 7.09. The van der Waals surface area contributed by atoms with Gasteiger partial charge in [0.1, 0.15) is 0 Å². The highest BCUT2D eigenvalue weighted by molar-refractivity contribution is 5.94. The molecule has 0 radical (unpaired) electrons. The summed E-state index contributed by atoms with van der Waals surface area (Å²) < 4.78 is 71.3. The van der Waals surface area contributed by atoms with Gasteiger partial charge in [0.05, 0.1) is 30.7 Å². The molecule has 11 nitrogen and oxygen atoms in total. The number of carbonyl (C=O) groups is 3. The van der Waals surface area contributed by atoms with Crippen LogP contribution < -0.4 is 0 Å². The Hall–Kier alpha value is -3.70. The lowest BCUT2D eigenvalue weighted by Crippen LogP contribution is -2.52. The molecule has 1 atom stereocenters. The molecule has 1 aromatic carbocycles. The number of nitrogens with zero attached hydrogens (tertiary/aromatic N) is 5. The van der Waals surface area contributed by atoms with Crippen LogP contribution in [0.1, 0.15) is 23.2 Å². The fourth-order valence-electron chi connectivity index (χ4n) is 4.58. The Morgan fingerprint density at radius 3 is 2.11 bits per heavy atom. The molecule has 0 bridgehead atoms. The number of ether oxygens (including phenoxy) is 1. The van der Waals surface area contributed by atoms with Gasteiger partial charge in [-0.15, -0.1) is 0 Å². The van der Waals surface area contributed by atoms with E-state index in [1.807, 2.05) is 41.4 Å². The Morgan fingerprint density at radius 2 is 1.57 bits per heavy atom. The predicted octanol–water partition coefficient (Wildman–Crippen LogP) is 3.26. The van der Waals surface area contributed by atoms with Crippen molar-refractivity contribution in [3.63, 3.8) is 0 Å². The van der Waals surface area contributed by atoms with Crippen molar-refractivity contribution in [2.45, 2.75) is 25.2 Å². The molecule has 17 heteroatoms. The minimum atomic E-state index is -5.08. The van der Waals surface area contributed by atoms with Crippen LogP contribution in [0.5, 0.6) is 0 Å². The van der Waals surface area contributed by atoms with E-state index in [0.717, 1.165) is 71.0 Å². The Bertz CT molecular complexity index is 1200. The Balaban J connectivity index is 0.000000402. The van der Waals surface area contributed by atoms with Gasteiger partial charge in [-0.2, -0.15) is 31.4 Å². The third-order valence-corrected chi connectivity index (χ3v) is 6.67. The smallest absolute Gasteiger partial charge is 0.475 e. The van der Waals surface area contributed by atoms with E-state index in [9.17, 15) is 31.1 Å². The van der Waals surface area contributed by atoms with Crippen LogP contribution in [0.25, 0.3) is 5.69 Å². The molecule has 2 N–H and O–H groups in total. The number of alkyl halides is 6. The van der Waals surface area contributed by atoms with Crippen molar-refractivity contribution < 1.29 is 55.7 Å². The van der Waals surface area contributed by atoms with Crippen LogP contribution in [0.2, 0.25) is 0 Å². The highest BCUT2D eigenvalue weighted by atomic mass is 19.4. The Kier molecular flexibility index (Phi) is 13.1. The summed E-state index contributed by atoms with van der Waals surface area (Å²) in [6, 6.07) is 9.90. The lowest BCUT2D eigenvalue weighted by atomic mass is 9.80. The van der Waals surface area contributed by atoms with Crippen LogP contribution in [0.3, 0.4) is 0 Å². The maximum Gasteiger partial charge on any atom is 0.490 e. The van der Waals surface area contributed by atoms with Gasteiger partial charge in [0.2, 0.25) is 0 Å². The standard InChI is InChI=1S/C23H33N5O2.2C2HF3O2/c1-25(2)11-12-26-13-14-30-19-23(17-26)9-6-10-27(18-23)22(29)20-15-24-28(16-20)21-7-4-3-5-8-21;2*3-2(4,5)1(6)7/h3-5,7-8,15-16H,6,9-14,17-19H2,1-2H3;2*(H,6,7). The predicted molar refractivity (Wildman–Crippen MR) is 144 cm³/mol. The molecule has 2 saturated heterocycles. The summed E-state index contributed by atoms with van der Waals surface area (Å²) in [5, 5.41) is 18.7. The van der Waals surface area contributed by atoms with Gasteiger partial charge in [0, 0.05) is 50.9 Å². The zero-order chi connectivity index (χ0) is 33.1. The first-order valence-electron chi connectivity index (χ1n) is 13.4. The molecule has 0 aliphatic carbocycles. The second-order valence-electron chi connectivity index (χ2n) is 10.6. The van der Waals surface area contributed by atoms with Gasteiger partial charge in [0.15, 0.2) is 0 Å². The Labute approximate surface area is 249 Å². The number of hydrogen-bond donors (Lipinski definition) is 2. The SMILES string of the molecule is CN(C)CCN1CCOCC2(CCCN(C(=O)c3cnn(-c4ccccc4)c3)C2)C1.O=C(O)C(F)(F)F.O=C(O)C(F)(F)F. The van der Waals surface area contributed by atoms with Gasteiger partial charge >= 0.3 is 24.3 Å². The quantitative estimate of drug-likeness (QED) is 0.474. The molecule has 2 fully saturated rings. The highest BCUT2D eigenvalue weighted by Crippen LogP contribution is 2.33. The highest BCUT2D eigenvalue weighted by Gasteiger charge is 2.41. The number of likely N-dealkylation sites (N-methyl/N-ethyl adjacent to an activating group) is 1. The second-order valence-corrected chi connectivity index (χ2v) is 10.6. The van der Waals surface area contributed by atoms with Gasteiger partial charge in [-0.25, -0.2) is 14.3 Å². The molecular formula is C27H35F6N5O6. The monoisotopic (exact) mass is 639 g/mol. The number of para-hydroxylation sites is 1. The summed E-state index contributed by atoms with van der Waals surface area (Å²) in [7, 11) is 4.22. The van der Waals surface area contributed by atoms with Crippen LogP contribution in [0.4, 0.5) is 26.3 Å². The van der Waals surface area contributed by atoms with Crippen molar-refractivity contribution >= 4 is 17.8 Å². The second kappa shape index (κ2) is 15.9. The maximum atomic E-state index is 13.3. The molecule has 0 saturated carbocycles. The number of carboxylic acids is 2. The zero-order valence-corrected chi connectivity index (χ0v) is 24.1. The van der Waals surface area contributed by atoms with E-state index < -0.39 is 24.3 Å². The molecule has 44 heavy (non-hydrogen) atoms. The summed E-state index contributed by atoms with van der Waals surface area (Å²) in [6.07, 6.45) is -4.52. The summed E-state index contributed by atoms with van der Waals surface area (Å²) >= 11 is 0. The largest absolute Gasteiger partial charge is 0.490 e. The average Bonchev–Trinajstić information content (AvgIpc) is 3.36.